The number of aldehydes is 1. The molecule has 5 heteroatoms. The zero-order valence-corrected chi connectivity index (χ0v) is 10.6. The Morgan fingerprint density at radius 2 is 2.12 bits per heavy atom. The lowest BCUT2D eigenvalue weighted by atomic mass is 10.2. The van der Waals surface area contributed by atoms with Gasteiger partial charge in [-0.1, -0.05) is 11.6 Å². The minimum Gasteiger partial charge on any atom is -0.493 e. The van der Waals surface area contributed by atoms with Gasteiger partial charge in [-0.25, -0.2) is 0 Å². The monoisotopic (exact) mass is 258 g/mol. The topological polar surface area (TPSA) is 44.8 Å². The predicted octanol–water partition coefficient (Wildman–Crippen LogP) is 2.58. The van der Waals surface area contributed by atoms with Crippen molar-refractivity contribution in [1.29, 1.82) is 0 Å². The molecule has 0 spiro atoms. The van der Waals surface area contributed by atoms with E-state index in [2.05, 4.69) is 0 Å². The first-order chi connectivity index (χ1) is 8.22. The summed E-state index contributed by atoms with van der Waals surface area (Å²) in [5.74, 6) is 0.836. The van der Waals surface area contributed by atoms with Gasteiger partial charge in [0.1, 0.15) is 6.61 Å². The van der Waals surface area contributed by atoms with E-state index in [-0.39, 0.29) is 0 Å². The first-order valence-corrected chi connectivity index (χ1v) is 5.64. The Labute approximate surface area is 105 Å². The van der Waals surface area contributed by atoms with Gasteiger partial charge in [0.2, 0.25) is 0 Å². The molecule has 1 aromatic carbocycles. The maximum atomic E-state index is 10.9. The molecule has 0 atom stereocenters. The zero-order valence-electron chi connectivity index (χ0n) is 9.86. The number of ether oxygens (including phenoxy) is 3. The summed E-state index contributed by atoms with van der Waals surface area (Å²) in [6.07, 6.45) is 0.685. The molecule has 0 unspecified atom stereocenters. The van der Waals surface area contributed by atoms with Gasteiger partial charge >= 0.3 is 0 Å². The Morgan fingerprint density at radius 3 is 2.71 bits per heavy atom. The van der Waals surface area contributed by atoms with Crippen molar-refractivity contribution in [1.82, 2.24) is 0 Å². The van der Waals surface area contributed by atoms with Crippen molar-refractivity contribution < 1.29 is 19.0 Å². The van der Waals surface area contributed by atoms with Crippen LogP contribution in [0.4, 0.5) is 0 Å². The molecular formula is C12H15ClO4. The molecule has 0 fully saturated rings. The van der Waals surface area contributed by atoms with E-state index in [1.54, 1.807) is 6.07 Å². The van der Waals surface area contributed by atoms with Gasteiger partial charge in [-0.15, -0.1) is 0 Å². The summed E-state index contributed by atoms with van der Waals surface area (Å²) >= 11 is 5.84. The number of hydrogen-bond acceptors (Lipinski definition) is 4. The molecule has 17 heavy (non-hydrogen) atoms. The van der Waals surface area contributed by atoms with Crippen LogP contribution in [-0.2, 0) is 4.74 Å². The van der Waals surface area contributed by atoms with Gasteiger partial charge in [-0.3, -0.25) is 4.79 Å². The van der Waals surface area contributed by atoms with E-state index < -0.39 is 0 Å². The van der Waals surface area contributed by atoms with Crippen molar-refractivity contribution in [3.8, 4) is 11.5 Å². The molecule has 0 aliphatic carbocycles. The predicted molar refractivity (Wildman–Crippen MR) is 65.4 cm³/mol. The summed E-state index contributed by atoms with van der Waals surface area (Å²) < 4.78 is 15.7. The molecule has 0 heterocycles. The lowest BCUT2D eigenvalue weighted by molar-refractivity contribution is 0.105. The molecule has 0 N–H and O–H groups in total. The number of halogens is 1. The number of benzene rings is 1. The fraction of sp³-hybridized carbons (Fsp3) is 0.417. The van der Waals surface area contributed by atoms with Crippen LogP contribution in [0.25, 0.3) is 0 Å². The van der Waals surface area contributed by atoms with Crippen LogP contribution in [0.15, 0.2) is 12.1 Å². The molecular weight excluding hydrogens is 244 g/mol. The summed E-state index contributed by atoms with van der Waals surface area (Å²) in [6, 6.07) is 3.14. The number of methoxy groups -OCH3 is 1. The van der Waals surface area contributed by atoms with E-state index >= 15 is 0 Å². The van der Waals surface area contributed by atoms with E-state index in [1.165, 1.54) is 13.2 Å². The van der Waals surface area contributed by atoms with Crippen molar-refractivity contribution >= 4 is 17.9 Å². The molecule has 94 valence electrons. The summed E-state index contributed by atoms with van der Waals surface area (Å²) in [4.78, 5) is 10.9. The third-order valence-corrected chi connectivity index (χ3v) is 2.29. The van der Waals surface area contributed by atoms with Crippen LogP contribution >= 0.6 is 11.6 Å². The molecule has 0 bridgehead atoms. The van der Waals surface area contributed by atoms with Crippen LogP contribution in [0.2, 0.25) is 5.02 Å². The second-order valence-corrected chi connectivity index (χ2v) is 3.63. The van der Waals surface area contributed by atoms with Crippen molar-refractivity contribution in [2.24, 2.45) is 0 Å². The molecule has 0 aromatic heterocycles. The Kier molecular flexibility index (Phi) is 5.80. The molecule has 0 amide bonds. The van der Waals surface area contributed by atoms with Crippen LogP contribution in [0, 0.1) is 0 Å². The van der Waals surface area contributed by atoms with E-state index in [0.29, 0.717) is 48.2 Å². The standard InChI is InChI=1S/C12H15ClO4/c1-3-16-4-5-17-12-9(8-14)6-10(13)7-11(12)15-2/h6-8H,3-5H2,1-2H3. The highest BCUT2D eigenvalue weighted by molar-refractivity contribution is 6.31. The molecule has 1 rings (SSSR count). The van der Waals surface area contributed by atoms with Gasteiger partial charge in [-0.2, -0.15) is 0 Å². The Hall–Kier alpha value is -1.26. The number of carbonyl (C=O) groups is 1. The second kappa shape index (κ2) is 7.14. The van der Waals surface area contributed by atoms with Crippen molar-refractivity contribution in [2.75, 3.05) is 26.9 Å². The van der Waals surface area contributed by atoms with Crippen LogP contribution in [0.5, 0.6) is 11.5 Å². The van der Waals surface area contributed by atoms with Crippen LogP contribution < -0.4 is 9.47 Å². The fourth-order valence-corrected chi connectivity index (χ4v) is 1.55. The Bertz CT molecular complexity index is 379. The minimum atomic E-state index is 0.354. The molecule has 4 nitrogen and oxygen atoms in total. The second-order valence-electron chi connectivity index (χ2n) is 3.19. The Balaban J connectivity index is 2.83. The summed E-state index contributed by atoms with van der Waals surface area (Å²) in [6.45, 7) is 3.34. The van der Waals surface area contributed by atoms with Gasteiger partial charge in [0.25, 0.3) is 0 Å². The lowest BCUT2D eigenvalue weighted by Gasteiger charge is -2.13. The van der Waals surface area contributed by atoms with Crippen molar-refractivity contribution in [2.45, 2.75) is 6.92 Å². The van der Waals surface area contributed by atoms with Gasteiger partial charge in [-0.05, 0) is 13.0 Å². The van der Waals surface area contributed by atoms with E-state index in [4.69, 9.17) is 25.8 Å². The first kappa shape index (κ1) is 13.8. The highest BCUT2D eigenvalue weighted by Crippen LogP contribution is 2.33. The third-order valence-electron chi connectivity index (χ3n) is 2.07. The van der Waals surface area contributed by atoms with Gasteiger partial charge < -0.3 is 14.2 Å². The maximum Gasteiger partial charge on any atom is 0.171 e. The highest BCUT2D eigenvalue weighted by atomic mass is 35.5. The average Bonchev–Trinajstić information content (AvgIpc) is 2.35. The van der Waals surface area contributed by atoms with Crippen LogP contribution in [0.1, 0.15) is 17.3 Å². The lowest BCUT2D eigenvalue weighted by Crippen LogP contribution is -2.08. The minimum absolute atomic E-state index is 0.354. The van der Waals surface area contributed by atoms with Crippen molar-refractivity contribution in [3.05, 3.63) is 22.7 Å². The highest BCUT2D eigenvalue weighted by Gasteiger charge is 2.12. The molecule has 0 saturated carbocycles. The third kappa shape index (κ3) is 3.91. The van der Waals surface area contributed by atoms with E-state index in [9.17, 15) is 4.79 Å². The number of rotatable bonds is 7. The maximum absolute atomic E-state index is 10.9. The molecule has 1 aromatic rings. The Morgan fingerprint density at radius 1 is 1.35 bits per heavy atom. The first-order valence-electron chi connectivity index (χ1n) is 5.26. The molecule has 0 aliphatic rings. The van der Waals surface area contributed by atoms with Gasteiger partial charge in [0.05, 0.1) is 19.3 Å². The van der Waals surface area contributed by atoms with E-state index in [1.807, 2.05) is 6.92 Å². The largest absolute Gasteiger partial charge is 0.493 e. The smallest absolute Gasteiger partial charge is 0.171 e. The van der Waals surface area contributed by atoms with Gasteiger partial charge in [0.15, 0.2) is 17.8 Å². The normalized spacial score (nSPS) is 10.1. The summed E-state index contributed by atoms with van der Waals surface area (Å²) in [5, 5.41) is 0.432. The number of hydrogen-bond donors (Lipinski definition) is 0. The molecule has 0 aliphatic heterocycles. The van der Waals surface area contributed by atoms with E-state index in [0.717, 1.165) is 0 Å². The van der Waals surface area contributed by atoms with Crippen LogP contribution in [0.3, 0.4) is 0 Å². The van der Waals surface area contributed by atoms with Gasteiger partial charge in [0, 0.05) is 17.7 Å². The number of carbonyl (C=O) groups excluding carboxylic acids is 1. The molecule has 0 radical (unpaired) electrons. The summed E-state index contributed by atoms with van der Waals surface area (Å²) in [7, 11) is 1.50. The zero-order chi connectivity index (χ0) is 12.7. The average molecular weight is 259 g/mol. The van der Waals surface area contributed by atoms with Crippen molar-refractivity contribution in [3.63, 3.8) is 0 Å². The van der Waals surface area contributed by atoms with Crippen LogP contribution in [-0.4, -0.2) is 33.2 Å². The fourth-order valence-electron chi connectivity index (χ4n) is 1.33. The summed E-state index contributed by atoms with van der Waals surface area (Å²) in [5.41, 5.74) is 0.367. The SMILES string of the molecule is CCOCCOc1c(C=O)cc(Cl)cc1OC. The quantitative estimate of drug-likeness (QED) is 0.557. The molecule has 0 saturated heterocycles.